The number of nitrogen functional groups attached to an aromatic ring is 1. The number of aliphatic carboxylic acids is 1. The van der Waals surface area contributed by atoms with Crippen molar-refractivity contribution in [2.24, 2.45) is 0 Å². The number of hydrogen-bond donors (Lipinski definition) is 1. The van der Waals surface area contributed by atoms with E-state index in [2.05, 4.69) is 0 Å². The quantitative estimate of drug-likeness (QED) is 0.493. The van der Waals surface area contributed by atoms with Gasteiger partial charge >= 0.3 is 0 Å². The Morgan fingerprint density at radius 3 is 2.83 bits per heavy atom. The molecule has 0 unspecified atom stereocenters. The molecule has 12 heavy (non-hydrogen) atoms. The molecule has 0 saturated carbocycles. The second kappa shape index (κ2) is 3.57. The maximum atomic E-state index is 10.0. The average molecular weight is 162 g/mol. The second-order valence-electron chi connectivity index (χ2n) is 2.32. The summed E-state index contributed by atoms with van der Waals surface area (Å²) in [6, 6.07) is 6.93. The third-order valence-corrected chi connectivity index (χ3v) is 1.32. The molecule has 0 amide bonds. The first kappa shape index (κ1) is 8.33. The molecular formula is C9H8NO2-. The van der Waals surface area contributed by atoms with E-state index >= 15 is 0 Å². The minimum absolute atomic E-state index is 0.607. The van der Waals surface area contributed by atoms with Crippen LogP contribution in [0.3, 0.4) is 0 Å². The number of benzene rings is 1. The molecule has 0 heterocycles. The van der Waals surface area contributed by atoms with Gasteiger partial charge in [0.1, 0.15) is 0 Å². The molecule has 62 valence electrons. The fourth-order valence-electron chi connectivity index (χ4n) is 0.827. The van der Waals surface area contributed by atoms with Crippen LogP contribution in [0.1, 0.15) is 5.56 Å². The lowest BCUT2D eigenvalue weighted by Gasteiger charge is -1.95. The summed E-state index contributed by atoms with van der Waals surface area (Å²) in [5.74, 6) is -1.21. The summed E-state index contributed by atoms with van der Waals surface area (Å²) >= 11 is 0. The summed E-state index contributed by atoms with van der Waals surface area (Å²) in [4.78, 5) is 10.0. The highest BCUT2D eigenvalue weighted by atomic mass is 16.4. The first-order valence-corrected chi connectivity index (χ1v) is 3.43. The molecule has 0 saturated heterocycles. The summed E-state index contributed by atoms with van der Waals surface area (Å²) in [6.07, 6.45) is 2.40. The molecule has 0 aromatic heterocycles. The van der Waals surface area contributed by atoms with E-state index in [4.69, 9.17) is 5.73 Å². The number of nitrogens with two attached hydrogens (primary N) is 1. The topological polar surface area (TPSA) is 66.2 Å². The average Bonchev–Trinajstić information content (AvgIpc) is 2.01. The van der Waals surface area contributed by atoms with Crippen molar-refractivity contribution in [3.63, 3.8) is 0 Å². The van der Waals surface area contributed by atoms with Crippen molar-refractivity contribution in [2.75, 3.05) is 5.73 Å². The van der Waals surface area contributed by atoms with E-state index in [1.54, 1.807) is 24.3 Å². The van der Waals surface area contributed by atoms with Gasteiger partial charge < -0.3 is 15.6 Å². The monoisotopic (exact) mass is 162 g/mol. The first-order valence-electron chi connectivity index (χ1n) is 3.43. The molecule has 3 heteroatoms. The second-order valence-corrected chi connectivity index (χ2v) is 2.32. The van der Waals surface area contributed by atoms with E-state index in [9.17, 15) is 9.90 Å². The van der Waals surface area contributed by atoms with Gasteiger partial charge in [-0.05, 0) is 23.8 Å². The predicted molar refractivity (Wildman–Crippen MR) is 44.9 cm³/mol. The fraction of sp³-hybridized carbons (Fsp3) is 0. The zero-order valence-electron chi connectivity index (χ0n) is 6.36. The van der Waals surface area contributed by atoms with Gasteiger partial charge in [0.15, 0.2) is 0 Å². The molecule has 3 nitrogen and oxygen atoms in total. The van der Waals surface area contributed by atoms with E-state index in [0.717, 1.165) is 11.6 Å². The van der Waals surface area contributed by atoms with Crippen LogP contribution in [-0.4, -0.2) is 5.97 Å². The van der Waals surface area contributed by atoms with Gasteiger partial charge in [-0.25, -0.2) is 0 Å². The van der Waals surface area contributed by atoms with Crippen molar-refractivity contribution < 1.29 is 9.90 Å². The predicted octanol–water partition coefficient (Wildman–Crippen LogP) is 0.0319. The minimum Gasteiger partial charge on any atom is -0.545 e. The fourth-order valence-corrected chi connectivity index (χ4v) is 0.827. The first-order chi connectivity index (χ1) is 5.68. The molecule has 0 aliphatic carbocycles. The molecule has 1 aromatic rings. The van der Waals surface area contributed by atoms with Gasteiger partial charge in [-0.15, -0.1) is 0 Å². The maximum Gasteiger partial charge on any atom is 0.0643 e. The third kappa shape index (κ3) is 2.46. The highest BCUT2D eigenvalue weighted by Crippen LogP contribution is 2.07. The summed E-state index contributed by atoms with van der Waals surface area (Å²) < 4.78 is 0. The van der Waals surface area contributed by atoms with E-state index in [0.29, 0.717) is 5.69 Å². The van der Waals surface area contributed by atoms with E-state index in [1.807, 2.05) is 0 Å². The van der Waals surface area contributed by atoms with Crippen molar-refractivity contribution in [2.45, 2.75) is 0 Å². The molecule has 0 radical (unpaired) electrons. The normalized spacial score (nSPS) is 10.3. The van der Waals surface area contributed by atoms with E-state index in [1.165, 1.54) is 6.08 Å². The molecule has 0 aliphatic heterocycles. The molecule has 0 spiro atoms. The zero-order valence-corrected chi connectivity index (χ0v) is 6.36. The number of rotatable bonds is 2. The smallest absolute Gasteiger partial charge is 0.0643 e. The van der Waals surface area contributed by atoms with E-state index in [-0.39, 0.29) is 0 Å². The van der Waals surface area contributed by atoms with Crippen LogP contribution < -0.4 is 10.8 Å². The van der Waals surface area contributed by atoms with Crippen molar-refractivity contribution in [3.05, 3.63) is 35.9 Å². The third-order valence-electron chi connectivity index (χ3n) is 1.32. The SMILES string of the molecule is Nc1cccc(/C=C/C(=O)[O-])c1. The number of anilines is 1. The summed E-state index contributed by atoms with van der Waals surface area (Å²) in [7, 11) is 0. The van der Waals surface area contributed by atoms with Crippen LogP contribution in [0, 0.1) is 0 Å². The van der Waals surface area contributed by atoms with Gasteiger partial charge in [0.2, 0.25) is 0 Å². The van der Waals surface area contributed by atoms with Crippen LogP contribution in [0.4, 0.5) is 5.69 Å². The minimum atomic E-state index is -1.21. The van der Waals surface area contributed by atoms with Crippen molar-refractivity contribution in [1.29, 1.82) is 0 Å². The summed E-state index contributed by atoms with van der Waals surface area (Å²) in [5.41, 5.74) is 6.82. The number of carbonyl (C=O) groups excluding carboxylic acids is 1. The number of carboxylic acid groups (broad SMARTS) is 1. The number of hydrogen-bond acceptors (Lipinski definition) is 3. The van der Waals surface area contributed by atoms with Crippen LogP contribution in [0.5, 0.6) is 0 Å². The van der Waals surface area contributed by atoms with Gasteiger partial charge in [-0.1, -0.05) is 18.2 Å². The van der Waals surface area contributed by atoms with Gasteiger partial charge in [-0.2, -0.15) is 0 Å². The van der Waals surface area contributed by atoms with Gasteiger partial charge in [0.05, 0.1) is 5.97 Å². The van der Waals surface area contributed by atoms with Crippen LogP contribution in [0.15, 0.2) is 30.3 Å². The van der Waals surface area contributed by atoms with Gasteiger partial charge in [-0.3, -0.25) is 0 Å². The highest BCUT2D eigenvalue weighted by Gasteiger charge is 1.86. The van der Waals surface area contributed by atoms with Gasteiger partial charge in [0.25, 0.3) is 0 Å². The number of carboxylic acids is 1. The zero-order chi connectivity index (χ0) is 8.97. The van der Waals surface area contributed by atoms with Crippen LogP contribution in [0.2, 0.25) is 0 Å². The molecule has 0 fully saturated rings. The van der Waals surface area contributed by atoms with Crippen molar-refractivity contribution in [3.8, 4) is 0 Å². The standard InChI is InChI=1S/C9H9NO2/c10-8-3-1-2-7(6-8)4-5-9(11)12/h1-6H,10H2,(H,11,12)/p-1/b5-4+. The van der Waals surface area contributed by atoms with Crippen LogP contribution in [0.25, 0.3) is 6.08 Å². The molecule has 0 bridgehead atoms. The number of carbonyl (C=O) groups is 1. The molecule has 0 atom stereocenters. The molecule has 1 rings (SSSR count). The maximum absolute atomic E-state index is 10.0. The summed E-state index contributed by atoms with van der Waals surface area (Å²) in [6.45, 7) is 0. The highest BCUT2D eigenvalue weighted by molar-refractivity contribution is 5.83. The van der Waals surface area contributed by atoms with Crippen molar-refractivity contribution >= 4 is 17.7 Å². The summed E-state index contributed by atoms with van der Waals surface area (Å²) in [5, 5.41) is 10.0. The van der Waals surface area contributed by atoms with Crippen LogP contribution >= 0.6 is 0 Å². The molecular weight excluding hydrogens is 154 g/mol. The Balaban J connectivity index is 2.83. The molecule has 1 aromatic carbocycles. The van der Waals surface area contributed by atoms with E-state index < -0.39 is 5.97 Å². The molecule has 0 aliphatic rings. The lowest BCUT2D eigenvalue weighted by Crippen LogP contribution is -2.18. The Morgan fingerprint density at radius 1 is 1.50 bits per heavy atom. The Bertz CT molecular complexity index is 318. The van der Waals surface area contributed by atoms with Crippen molar-refractivity contribution in [1.82, 2.24) is 0 Å². The molecule has 2 N–H and O–H groups in total. The Hall–Kier alpha value is -1.77. The van der Waals surface area contributed by atoms with Crippen LogP contribution in [-0.2, 0) is 4.79 Å². The Morgan fingerprint density at radius 2 is 2.25 bits per heavy atom. The lowest BCUT2D eigenvalue weighted by atomic mass is 10.2. The Kier molecular flexibility index (Phi) is 2.48. The lowest BCUT2D eigenvalue weighted by molar-refractivity contribution is -0.297. The Labute approximate surface area is 70.1 Å². The largest absolute Gasteiger partial charge is 0.545 e. The van der Waals surface area contributed by atoms with Gasteiger partial charge in [0, 0.05) is 5.69 Å².